The van der Waals surface area contributed by atoms with Crippen LogP contribution in [0.25, 0.3) is 22.3 Å². The van der Waals surface area contributed by atoms with E-state index in [1.54, 1.807) is 6.07 Å². The highest BCUT2D eigenvalue weighted by molar-refractivity contribution is 6.05. The molecule has 0 unspecified atom stereocenters. The van der Waals surface area contributed by atoms with Gasteiger partial charge in [0.2, 0.25) is 5.88 Å². The first-order chi connectivity index (χ1) is 20.4. The van der Waals surface area contributed by atoms with Gasteiger partial charge in [-0.2, -0.15) is 0 Å². The molecule has 2 fully saturated rings. The van der Waals surface area contributed by atoms with Crippen LogP contribution >= 0.6 is 0 Å². The monoisotopic (exact) mass is 570 g/mol. The van der Waals surface area contributed by atoms with Gasteiger partial charge in [0.15, 0.2) is 11.6 Å². The van der Waals surface area contributed by atoms with Crippen LogP contribution in [0.3, 0.4) is 0 Å². The van der Waals surface area contributed by atoms with Crippen molar-refractivity contribution in [1.82, 2.24) is 15.6 Å². The molecule has 1 aromatic heterocycles. The first-order valence-electron chi connectivity index (χ1n) is 14.2. The lowest BCUT2D eigenvalue weighted by atomic mass is 10.0. The molecule has 2 saturated heterocycles. The van der Waals surface area contributed by atoms with Crippen LogP contribution in [-0.2, 0) is 0 Å². The number of aryl methyl sites for hydroxylation is 1. The van der Waals surface area contributed by atoms with Crippen LogP contribution in [-0.4, -0.2) is 49.3 Å². The Labute approximate surface area is 243 Å². The van der Waals surface area contributed by atoms with Crippen LogP contribution in [0, 0.1) is 18.6 Å². The summed E-state index contributed by atoms with van der Waals surface area (Å²) in [6.45, 7) is 5.21. The third-order valence-corrected chi connectivity index (χ3v) is 7.55. The van der Waals surface area contributed by atoms with Gasteiger partial charge in [0.1, 0.15) is 18.0 Å². The van der Waals surface area contributed by atoms with Gasteiger partial charge in [0.05, 0.1) is 5.56 Å². The Morgan fingerprint density at radius 3 is 2.24 bits per heavy atom. The number of hydrogen-bond acceptors (Lipinski definition) is 6. The molecule has 6 rings (SSSR count). The van der Waals surface area contributed by atoms with Crippen molar-refractivity contribution in [2.75, 3.05) is 31.5 Å². The maximum Gasteiger partial charge on any atom is 0.257 e. The van der Waals surface area contributed by atoms with E-state index in [1.807, 2.05) is 49.4 Å². The Morgan fingerprint density at radius 2 is 1.55 bits per heavy atom. The molecule has 0 aliphatic carbocycles. The van der Waals surface area contributed by atoms with Gasteiger partial charge in [-0.1, -0.05) is 35.9 Å². The summed E-state index contributed by atoms with van der Waals surface area (Å²) in [5.74, 6) is -1.34. The summed E-state index contributed by atoms with van der Waals surface area (Å²) >= 11 is 0. The van der Waals surface area contributed by atoms with Crippen LogP contribution in [0.2, 0.25) is 0 Å². The maximum absolute atomic E-state index is 14.2. The molecule has 3 heterocycles. The number of rotatable bonds is 8. The quantitative estimate of drug-likeness (QED) is 0.251. The smallest absolute Gasteiger partial charge is 0.257 e. The van der Waals surface area contributed by atoms with Crippen molar-refractivity contribution in [2.45, 2.75) is 32.0 Å². The summed E-state index contributed by atoms with van der Waals surface area (Å²) in [4.78, 5) is 17.9. The first kappa shape index (κ1) is 27.8. The highest BCUT2D eigenvalue weighted by atomic mass is 19.2. The molecule has 4 aromatic rings. The molecule has 42 heavy (non-hydrogen) atoms. The molecule has 1 amide bonds. The molecular formula is C33H32F2N4O3. The summed E-state index contributed by atoms with van der Waals surface area (Å²) < 4.78 is 40.3. The van der Waals surface area contributed by atoms with E-state index in [0.717, 1.165) is 67.0 Å². The summed E-state index contributed by atoms with van der Waals surface area (Å²) in [5.41, 5.74) is 4.59. The highest BCUT2D eigenvalue weighted by Crippen LogP contribution is 2.35. The Kier molecular flexibility index (Phi) is 8.12. The molecule has 0 saturated carbocycles. The number of carbonyl (C=O) groups excluding carboxylic acids is 1. The zero-order chi connectivity index (χ0) is 29.1. The fraction of sp³-hybridized carbons (Fsp3) is 0.273. The van der Waals surface area contributed by atoms with E-state index in [0.29, 0.717) is 23.4 Å². The Balaban J connectivity index is 1.30. The lowest BCUT2D eigenvalue weighted by Gasteiger charge is -2.18. The number of nitrogens with one attached hydrogen (secondary N) is 3. The molecule has 9 heteroatoms. The molecule has 2 aliphatic heterocycles. The standard InChI is InChI=1S/C33H32F2N4O3/c1-20-2-4-21(5-3-20)27-16-24(7-9-31(27)41-25-10-12-36-18-25)39-32(40)23-14-28(22-6-8-29(34)30(35)15-22)33(38-17-23)42-26-11-13-37-19-26/h2-9,14-17,25-26,36-37H,10-13,18-19H2,1H3,(H,39,40)/t25-,26-/m0/s1. The topological polar surface area (TPSA) is 84.5 Å². The van der Waals surface area contributed by atoms with E-state index in [-0.39, 0.29) is 23.7 Å². The number of anilines is 1. The molecule has 3 aromatic carbocycles. The largest absolute Gasteiger partial charge is 0.488 e. The van der Waals surface area contributed by atoms with Gasteiger partial charge in [-0.3, -0.25) is 4.79 Å². The molecule has 0 radical (unpaired) electrons. The fourth-order valence-electron chi connectivity index (χ4n) is 5.21. The van der Waals surface area contributed by atoms with Crippen LogP contribution in [0.1, 0.15) is 28.8 Å². The van der Waals surface area contributed by atoms with Gasteiger partial charge in [-0.05, 0) is 80.4 Å². The predicted octanol–water partition coefficient (Wildman–Crippen LogP) is 5.74. The van der Waals surface area contributed by atoms with Gasteiger partial charge < -0.3 is 25.4 Å². The predicted molar refractivity (Wildman–Crippen MR) is 158 cm³/mol. The second kappa shape index (κ2) is 12.3. The van der Waals surface area contributed by atoms with Crippen LogP contribution in [0.4, 0.5) is 14.5 Å². The SMILES string of the molecule is Cc1ccc(-c2cc(NC(=O)c3cnc(O[C@H]4CCNC4)c(-c4ccc(F)c(F)c4)c3)ccc2O[C@H]2CCNC2)cc1. The Morgan fingerprint density at radius 1 is 0.833 bits per heavy atom. The molecule has 216 valence electrons. The number of benzene rings is 3. The summed E-state index contributed by atoms with van der Waals surface area (Å²) in [5, 5.41) is 9.51. The Bertz CT molecular complexity index is 1580. The zero-order valence-electron chi connectivity index (χ0n) is 23.3. The third-order valence-electron chi connectivity index (χ3n) is 7.55. The number of nitrogens with zero attached hydrogens (tertiary/aromatic N) is 1. The van der Waals surface area contributed by atoms with Crippen molar-refractivity contribution in [3.8, 4) is 33.9 Å². The summed E-state index contributed by atoms with van der Waals surface area (Å²) in [7, 11) is 0. The second-order valence-corrected chi connectivity index (χ2v) is 10.7. The molecule has 2 aliphatic rings. The van der Waals surface area contributed by atoms with Crippen molar-refractivity contribution >= 4 is 11.6 Å². The minimum atomic E-state index is -0.991. The fourth-order valence-corrected chi connectivity index (χ4v) is 5.21. The molecule has 0 bridgehead atoms. The minimum absolute atomic E-state index is 0.0798. The van der Waals surface area contributed by atoms with Gasteiger partial charge in [0.25, 0.3) is 5.91 Å². The van der Waals surface area contributed by atoms with Crippen molar-refractivity contribution in [3.63, 3.8) is 0 Å². The van der Waals surface area contributed by atoms with Crippen LogP contribution < -0.4 is 25.4 Å². The number of pyridine rings is 1. The number of carbonyl (C=O) groups is 1. The molecule has 0 spiro atoms. The van der Waals surface area contributed by atoms with Crippen molar-refractivity contribution < 1.29 is 23.0 Å². The molecule has 2 atom stereocenters. The van der Waals surface area contributed by atoms with E-state index in [2.05, 4.69) is 20.9 Å². The number of amides is 1. The van der Waals surface area contributed by atoms with E-state index in [9.17, 15) is 13.6 Å². The van der Waals surface area contributed by atoms with Gasteiger partial charge in [-0.15, -0.1) is 0 Å². The lowest BCUT2D eigenvalue weighted by Crippen LogP contribution is -2.21. The maximum atomic E-state index is 14.2. The number of ether oxygens (including phenoxy) is 2. The van der Waals surface area contributed by atoms with Crippen molar-refractivity contribution in [2.24, 2.45) is 0 Å². The number of hydrogen-bond donors (Lipinski definition) is 3. The number of halogens is 2. The minimum Gasteiger partial charge on any atom is -0.488 e. The molecule has 3 N–H and O–H groups in total. The van der Waals surface area contributed by atoms with E-state index in [1.165, 1.54) is 12.3 Å². The summed E-state index contributed by atoms with van der Waals surface area (Å²) in [6.07, 6.45) is 3.12. The summed E-state index contributed by atoms with van der Waals surface area (Å²) in [6, 6.07) is 18.9. The van der Waals surface area contributed by atoms with Gasteiger partial charge in [-0.25, -0.2) is 13.8 Å². The van der Waals surface area contributed by atoms with E-state index < -0.39 is 17.5 Å². The normalized spacial score (nSPS) is 18.2. The molecular weight excluding hydrogens is 538 g/mol. The van der Waals surface area contributed by atoms with Gasteiger partial charge >= 0.3 is 0 Å². The Hall–Kier alpha value is -4.34. The molecule has 7 nitrogen and oxygen atoms in total. The third kappa shape index (κ3) is 6.27. The van der Waals surface area contributed by atoms with Crippen LogP contribution in [0.15, 0.2) is 72.9 Å². The average Bonchev–Trinajstić information content (AvgIpc) is 3.71. The van der Waals surface area contributed by atoms with E-state index in [4.69, 9.17) is 9.47 Å². The second-order valence-electron chi connectivity index (χ2n) is 10.7. The van der Waals surface area contributed by atoms with Crippen molar-refractivity contribution in [3.05, 3.63) is 95.7 Å². The highest BCUT2D eigenvalue weighted by Gasteiger charge is 2.22. The van der Waals surface area contributed by atoms with Crippen LogP contribution in [0.5, 0.6) is 11.6 Å². The van der Waals surface area contributed by atoms with Crippen molar-refractivity contribution in [1.29, 1.82) is 0 Å². The van der Waals surface area contributed by atoms with Gasteiger partial charge in [0, 0.05) is 36.1 Å². The number of aromatic nitrogens is 1. The zero-order valence-corrected chi connectivity index (χ0v) is 23.3. The first-order valence-corrected chi connectivity index (χ1v) is 14.2. The average molecular weight is 571 g/mol. The van der Waals surface area contributed by atoms with E-state index >= 15 is 0 Å². The lowest BCUT2D eigenvalue weighted by molar-refractivity contribution is 0.102.